The fourth-order valence-electron chi connectivity index (χ4n) is 2.09. The Morgan fingerprint density at radius 3 is 2.47 bits per heavy atom. The van der Waals surface area contributed by atoms with E-state index in [0.717, 1.165) is 38.8 Å². The summed E-state index contributed by atoms with van der Waals surface area (Å²) in [6.07, 6.45) is 3.28. The number of nitrogens with one attached hydrogen (secondary N) is 1. The number of nitrogens with two attached hydrogens (primary N) is 1. The maximum Gasteiger partial charge on any atom is 0.237 e. The van der Waals surface area contributed by atoms with Gasteiger partial charge in [-0.2, -0.15) is 0 Å². The summed E-state index contributed by atoms with van der Waals surface area (Å²) in [6.45, 7) is 5.04. The van der Waals surface area contributed by atoms with Gasteiger partial charge in [0.2, 0.25) is 11.8 Å². The molecule has 5 nitrogen and oxygen atoms in total. The zero-order chi connectivity index (χ0) is 12.8. The van der Waals surface area contributed by atoms with Gasteiger partial charge in [0.05, 0.1) is 6.04 Å². The van der Waals surface area contributed by atoms with E-state index in [0.29, 0.717) is 0 Å². The van der Waals surface area contributed by atoms with Crippen molar-refractivity contribution in [3.63, 3.8) is 0 Å². The fourth-order valence-corrected chi connectivity index (χ4v) is 2.09. The molecule has 0 spiro atoms. The first-order chi connectivity index (χ1) is 8.04. The number of carbonyl (C=O) groups excluding carboxylic acids is 2. The van der Waals surface area contributed by atoms with Crippen LogP contribution in [0.2, 0.25) is 0 Å². The SMILES string of the molecule is CCCC(N)C(=O)NC1CCN(C(C)=O)CC1. The number of amides is 2. The zero-order valence-corrected chi connectivity index (χ0v) is 10.7. The number of hydrogen-bond acceptors (Lipinski definition) is 3. The predicted octanol–water partition coefficient (Wildman–Crippen LogP) is 0.241. The molecular formula is C12H23N3O2. The highest BCUT2D eigenvalue weighted by Gasteiger charge is 2.23. The van der Waals surface area contributed by atoms with Gasteiger partial charge in [0.25, 0.3) is 0 Å². The van der Waals surface area contributed by atoms with Crippen LogP contribution in [0.15, 0.2) is 0 Å². The Hall–Kier alpha value is -1.10. The molecule has 98 valence electrons. The minimum Gasteiger partial charge on any atom is -0.352 e. The molecule has 1 aliphatic rings. The first-order valence-corrected chi connectivity index (χ1v) is 6.36. The van der Waals surface area contributed by atoms with Gasteiger partial charge in [0.1, 0.15) is 0 Å². The largest absolute Gasteiger partial charge is 0.352 e. The lowest BCUT2D eigenvalue weighted by molar-refractivity contribution is -0.130. The van der Waals surface area contributed by atoms with Crippen molar-refractivity contribution in [1.29, 1.82) is 0 Å². The molecule has 1 heterocycles. The molecule has 0 saturated carbocycles. The second kappa shape index (κ2) is 6.59. The molecule has 3 N–H and O–H groups in total. The molecule has 5 heteroatoms. The van der Waals surface area contributed by atoms with E-state index >= 15 is 0 Å². The summed E-state index contributed by atoms with van der Waals surface area (Å²) in [5.41, 5.74) is 5.74. The number of nitrogens with zero attached hydrogens (tertiary/aromatic N) is 1. The number of carbonyl (C=O) groups is 2. The quantitative estimate of drug-likeness (QED) is 0.740. The summed E-state index contributed by atoms with van der Waals surface area (Å²) in [4.78, 5) is 24.7. The van der Waals surface area contributed by atoms with Crippen LogP contribution in [-0.4, -0.2) is 41.9 Å². The average molecular weight is 241 g/mol. The molecule has 1 rings (SSSR count). The maximum absolute atomic E-state index is 11.7. The molecule has 0 aromatic heterocycles. The Kier molecular flexibility index (Phi) is 5.41. The minimum atomic E-state index is -0.397. The van der Waals surface area contributed by atoms with E-state index < -0.39 is 6.04 Å². The second-order valence-corrected chi connectivity index (χ2v) is 4.68. The second-order valence-electron chi connectivity index (χ2n) is 4.68. The molecule has 1 atom stereocenters. The van der Waals surface area contributed by atoms with Gasteiger partial charge in [-0.15, -0.1) is 0 Å². The fraction of sp³-hybridized carbons (Fsp3) is 0.833. The van der Waals surface area contributed by atoms with Crippen molar-refractivity contribution < 1.29 is 9.59 Å². The summed E-state index contributed by atoms with van der Waals surface area (Å²) in [5.74, 6) is 0.0468. The molecular weight excluding hydrogens is 218 g/mol. The van der Waals surface area contributed by atoms with Gasteiger partial charge in [0.15, 0.2) is 0 Å². The average Bonchev–Trinajstić information content (AvgIpc) is 2.30. The monoisotopic (exact) mass is 241 g/mol. The minimum absolute atomic E-state index is 0.0619. The van der Waals surface area contributed by atoms with Crippen LogP contribution >= 0.6 is 0 Å². The molecule has 0 radical (unpaired) electrons. The first-order valence-electron chi connectivity index (χ1n) is 6.36. The Bertz CT molecular complexity index is 273. The van der Waals surface area contributed by atoms with E-state index in [-0.39, 0.29) is 17.9 Å². The number of likely N-dealkylation sites (tertiary alicyclic amines) is 1. The van der Waals surface area contributed by atoms with Crippen LogP contribution in [-0.2, 0) is 9.59 Å². The summed E-state index contributed by atoms with van der Waals surface area (Å²) < 4.78 is 0. The van der Waals surface area contributed by atoms with Crippen molar-refractivity contribution in [3.05, 3.63) is 0 Å². The summed E-state index contributed by atoms with van der Waals surface area (Å²) in [5, 5.41) is 2.96. The number of rotatable bonds is 4. The van der Waals surface area contributed by atoms with E-state index in [2.05, 4.69) is 5.32 Å². The van der Waals surface area contributed by atoms with Crippen LogP contribution in [0.25, 0.3) is 0 Å². The van der Waals surface area contributed by atoms with E-state index in [4.69, 9.17) is 5.73 Å². The van der Waals surface area contributed by atoms with Crippen molar-refractivity contribution in [2.24, 2.45) is 5.73 Å². The third-order valence-electron chi connectivity index (χ3n) is 3.22. The standard InChI is InChI=1S/C12H23N3O2/c1-3-4-11(13)12(17)14-10-5-7-15(8-6-10)9(2)16/h10-11H,3-8,13H2,1-2H3,(H,14,17). The van der Waals surface area contributed by atoms with Crippen molar-refractivity contribution in [2.45, 2.75) is 51.6 Å². The number of hydrogen-bond donors (Lipinski definition) is 2. The summed E-state index contributed by atoms with van der Waals surface area (Å²) in [6, 6.07) is -0.230. The normalized spacial score (nSPS) is 18.9. The van der Waals surface area contributed by atoms with Gasteiger partial charge >= 0.3 is 0 Å². The van der Waals surface area contributed by atoms with E-state index in [1.54, 1.807) is 6.92 Å². The number of piperidine rings is 1. The third kappa shape index (κ3) is 4.34. The van der Waals surface area contributed by atoms with Crippen molar-refractivity contribution in [2.75, 3.05) is 13.1 Å². The Morgan fingerprint density at radius 2 is 2.00 bits per heavy atom. The Balaban J connectivity index is 2.30. The van der Waals surface area contributed by atoms with Crippen LogP contribution < -0.4 is 11.1 Å². The van der Waals surface area contributed by atoms with Gasteiger partial charge in [-0.3, -0.25) is 9.59 Å². The van der Waals surface area contributed by atoms with E-state index in [1.165, 1.54) is 0 Å². The van der Waals surface area contributed by atoms with Crippen LogP contribution in [0, 0.1) is 0 Å². The summed E-state index contributed by atoms with van der Waals surface area (Å²) in [7, 11) is 0. The lowest BCUT2D eigenvalue weighted by atomic mass is 10.0. The van der Waals surface area contributed by atoms with Crippen LogP contribution in [0.1, 0.15) is 39.5 Å². The molecule has 1 aliphatic heterocycles. The predicted molar refractivity (Wildman–Crippen MR) is 66.3 cm³/mol. The van der Waals surface area contributed by atoms with Crippen LogP contribution in [0.4, 0.5) is 0 Å². The molecule has 0 aromatic carbocycles. The molecule has 0 aliphatic carbocycles. The highest BCUT2D eigenvalue weighted by atomic mass is 16.2. The van der Waals surface area contributed by atoms with Gasteiger partial charge in [-0.05, 0) is 19.3 Å². The topological polar surface area (TPSA) is 75.4 Å². The molecule has 0 aromatic rings. The zero-order valence-electron chi connectivity index (χ0n) is 10.7. The summed E-state index contributed by atoms with van der Waals surface area (Å²) >= 11 is 0. The van der Waals surface area contributed by atoms with Crippen molar-refractivity contribution in [1.82, 2.24) is 10.2 Å². The van der Waals surface area contributed by atoms with E-state index in [9.17, 15) is 9.59 Å². The van der Waals surface area contributed by atoms with Gasteiger partial charge in [-0.25, -0.2) is 0 Å². The lowest BCUT2D eigenvalue weighted by Gasteiger charge is -2.32. The first kappa shape index (κ1) is 14.0. The molecule has 1 unspecified atom stereocenters. The van der Waals surface area contributed by atoms with Gasteiger partial charge in [0, 0.05) is 26.1 Å². The molecule has 1 saturated heterocycles. The van der Waals surface area contributed by atoms with E-state index in [1.807, 2.05) is 11.8 Å². The molecule has 0 bridgehead atoms. The van der Waals surface area contributed by atoms with Gasteiger partial charge in [-0.1, -0.05) is 13.3 Å². The highest BCUT2D eigenvalue weighted by molar-refractivity contribution is 5.81. The third-order valence-corrected chi connectivity index (χ3v) is 3.22. The smallest absolute Gasteiger partial charge is 0.237 e. The van der Waals surface area contributed by atoms with Gasteiger partial charge < -0.3 is 16.0 Å². The van der Waals surface area contributed by atoms with Crippen molar-refractivity contribution >= 4 is 11.8 Å². The Labute approximate surface area is 103 Å². The van der Waals surface area contributed by atoms with Crippen LogP contribution in [0.3, 0.4) is 0 Å². The Morgan fingerprint density at radius 1 is 1.41 bits per heavy atom. The molecule has 2 amide bonds. The van der Waals surface area contributed by atoms with Crippen LogP contribution in [0.5, 0.6) is 0 Å². The molecule has 17 heavy (non-hydrogen) atoms. The lowest BCUT2D eigenvalue weighted by Crippen LogP contribution is -2.50. The highest BCUT2D eigenvalue weighted by Crippen LogP contribution is 2.10. The maximum atomic E-state index is 11.7. The molecule has 1 fully saturated rings. The van der Waals surface area contributed by atoms with Crippen molar-refractivity contribution in [3.8, 4) is 0 Å².